The molecule has 0 fully saturated rings. The smallest absolute Gasteiger partial charge is 0.256 e. The third kappa shape index (κ3) is 7.81. The fraction of sp³-hybridized carbons (Fsp3) is 0.464. The number of rotatable bonds is 13. The van der Waals surface area contributed by atoms with Gasteiger partial charge >= 0.3 is 0 Å². The number of allylic oxidation sites excluding steroid dienone is 1. The van der Waals surface area contributed by atoms with E-state index in [1.807, 2.05) is 31.2 Å². The van der Waals surface area contributed by atoms with Gasteiger partial charge in [0.25, 0.3) is 11.8 Å². The Bertz CT molecular complexity index is 1120. The van der Waals surface area contributed by atoms with Gasteiger partial charge in [0.1, 0.15) is 16.9 Å². The summed E-state index contributed by atoms with van der Waals surface area (Å²) < 4.78 is 12.4. The normalized spacial score (nSPS) is 13.1. The van der Waals surface area contributed by atoms with E-state index in [9.17, 15) is 14.4 Å². The molecule has 0 saturated carbocycles. The quantitative estimate of drug-likeness (QED) is 0.326. The highest BCUT2D eigenvalue weighted by Gasteiger charge is 2.20. The maximum atomic E-state index is 13.2. The summed E-state index contributed by atoms with van der Waals surface area (Å²) in [4.78, 5) is 39.1. The number of benzene rings is 1. The summed E-state index contributed by atoms with van der Waals surface area (Å²) in [6.07, 6.45) is 11.2. The molecular weight excluding hydrogens is 458 g/mol. The number of pyridine rings is 1. The second kappa shape index (κ2) is 14.2. The molecule has 0 spiro atoms. The molecule has 2 amide bonds. The van der Waals surface area contributed by atoms with Gasteiger partial charge in [-0.2, -0.15) is 0 Å². The Kier molecular flexibility index (Phi) is 10.8. The minimum atomic E-state index is -0.581. The van der Waals surface area contributed by atoms with Crippen molar-refractivity contribution in [2.24, 2.45) is 0 Å². The lowest BCUT2D eigenvalue weighted by Gasteiger charge is -2.15. The van der Waals surface area contributed by atoms with Crippen LogP contribution in [0, 0.1) is 0 Å². The molecule has 1 aromatic heterocycles. The molecule has 8 heteroatoms. The third-order valence-electron chi connectivity index (χ3n) is 6.19. The van der Waals surface area contributed by atoms with Crippen molar-refractivity contribution in [3.05, 3.63) is 75.2 Å². The van der Waals surface area contributed by atoms with Gasteiger partial charge < -0.3 is 24.7 Å². The van der Waals surface area contributed by atoms with E-state index >= 15 is 0 Å². The maximum absolute atomic E-state index is 13.2. The number of carbonyl (C=O) groups is 2. The van der Waals surface area contributed by atoms with Crippen LogP contribution in [0.15, 0.2) is 53.1 Å². The van der Waals surface area contributed by atoms with Gasteiger partial charge in [0.2, 0.25) is 5.43 Å². The molecule has 0 atom stereocenters. The lowest BCUT2D eigenvalue weighted by Crippen LogP contribution is -2.36. The Morgan fingerprint density at radius 3 is 2.42 bits per heavy atom. The molecule has 1 aliphatic carbocycles. The van der Waals surface area contributed by atoms with Gasteiger partial charge in [-0.15, -0.1) is 0 Å². The lowest BCUT2D eigenvalue weighted by molar-refractivity contribution is 0.0942. The largest absolute Gasteiger partial charge is 0.496 e. The second-order valence-electron chi connectivity index (χ2n) is 8.82. The van der Waals surface area contributed by atoms with Crippen molar-refractivity contribution in [3.8, 4) is 5.75 Å². The van der Waals surface area contributed by atoms with Crippen molar-refractivity contribution in [2.45, 2.75) is 52.0 Å². The summed E-state index contributed by atoms with van der Waals surface area (Å²) >= 11 is 0. The van der Waals surface area contributed by atoms with Crippen LogP contribution < -0.4 is 20.8 Å². The van der Waals surface area contributed by atoms with E-state index in [0.29, 0.717) is 45.0 Å². The zero-order valence-electron chi connectivity index (χ0n) is 21.3. The molecule has 0 saturated heterocycles. The summed E-state index contributed by atoms with van der Waals surface area (Å²) in [6.45, 7) is 4.19. The highest BCUT2D eigenvalue weighted by atomic mass is 16.5. The summed E-state index contributed by atoms with van der Waals surface area (Å²) in [5.74, 6) is -0.298. The molecule has 2 aromatic rings. The molecule has 36 heavy (non-hydrogen) atoms. The molecule has 0 bridgehead atoms. The maximum Gasteiger partial charge on any atom is 0.256 e. The zero-order valence-corrected chi connectivity index (χ0v) is 21.3. The van der Waals surface area contributed by atoms with E-state index in [1.165, 1.54) is 30.8 Å². The molecular formula is C28H37N3O5. The van der Waals surface area contributed by atoms with Crippen molar-refractivity contribution in [1.29, 1.82) is 0 Å². The van der Waals surface area contributed by atoms with Crippen molar-refractivity contribution < 1.29 is 19.1 Å². The fourth-order valence-corrected chi connectivity index (χ4v) is 4.26. The summed E-state index contributed by atoms with van der Waals surface area (Å²) in [5, 5.41) is 5.64. The first kappa shape index (κ1) is 27.2. The Labute approximate surface area is 212 Å². The van der Waals surface area contributed by atoms with E-state index in [2.05, 4.69) is 16.7 Å². The third-order valence-corrected chi connectivity index (χ3v) is 6.19. The van der Waals surface area contributed by atoms with Crippen molar-refractivity contribution in [3.63, 3.8) is 0 Å². The first-order chi connectivity index (χ1) is 17.5. The number of ether oxygens (including phenoxy) is 2. The number of nitrogens with one attached hydrogen (secondary N) is 2. The Morgan fingerprint density at radius 2 is 1.75 bits per heavy atom. The lowest BCUT2D eigenvalue weighted by atomic mass is 9.97. The topological polar surface area (TPSA) is 98.7 Å². The summed E-state index contributed by atoms with van der Waals surface area (Å²) in [7, 11) is 1.59. The minimum Gasteiger partial charge on any atom is -0.496 e. The van der Waals surface area contributed by atoms with Crippen LogP contribution in [0.2, 0.25) is 0 Å². The number of nitrogens with zero attached hydrogens (tertiary/aromatic N) is 1. The van der Waals surface area contributed by atoms with E-state index in [-0.39, 0.29) is 11.1 Å². The molecule has 8 nitrogen and oxygen atoms in total. The van der Waals surface area contributed by atoms with Gasteiger partial charge in [-0.1, -0.05) is 29.8 Å². The highest BCUT2D eigenvalue weighted by Crippen LogP contribution is 2.20. The second-order valence-corrected chi connectivity index (χ2v) is 8.82. The van der Waals surface area contributed by atoms with Gasteiger partial charge in [0, 0.05) is 44.3 Å². The van der Waals surface area contributed by atoms with Crippen LogP contribution in [0.1, 0.15) is 71.7 Å². The molecule has 2 N–H and O–H groups in total. The molecule has 1 aromatic carbocycles. The van der Waals surface area contributed by atoms with Gasteiger partial charge in [-0.3, -0.25) is 14.4 Å². The molecule has 1 aliphatic rings. The van der Waals surface area contributed by atoms with Crippen LogP contribution >= 0.6 is 0 Å². The van der Waals surface area contributed by atoms with Gasteiger partial charge in [-0.05, 0) is 51.5 Å². The van der Waals surface area contributed by atoms with Gasteiger partial charge in [-0.25, -0.2) is 0 Å². The molecule has 0 aliphatic heterocycles. The van der Waals surface area contributed by atoms with E-state index in [4.69, 9.17) is 9.47 Å². The number of hydrogen-bond donors (Lipinski definition) is 2. The Morgan fingerprint density at radius 1 is 1.03 bits per heavy atom. The van der Waals surface area contributed by atoms with Crippen LogP contribution in [0.25, 0.3) is 0 Å². The number of aromatic nitrogens is 1. The molecule has 3 rings (SSSR count). The van der Waals surface area contributed by atoms with Crippen LogP contribution in [0.4, 0.5) is 0 Å². The van der Waals surface area contributed by atoms with Gasteiger partial charge in [0.05, 0.1) is 13.7 Å². The average molecular weight is 496 g/mol. The average Bonchev–Trinajstić information content (AvgIpc) is 2.90. The monoisotopic (exact) mass is 495 g/mol. The van der Waals surface area contributed by atoms with E-state index < -0.39 is 17.2 Å². The van der Waals surface area contributed by atoms with E-state index in [0.717, 1.165) is 24.8 Å². The summed E-state index contributed by atoms with van der Waals surface area (Å²) in [5.41, 5.74) is 1.51. The SMILES string of the molecule is CCOCCCNC(=O)c1cn(Cc2ccccc2OC)cc(C(=O)NCCC2=CCCCC2)c1=O. The Balaban J connectivity index is 1.81. The van der Waals surface area contributed by atoms with Crippen molar-refractivity contribution in [1.82, 2.24) is 15.2 Å². The number of para-hydroxylation sites is 1. The molecule has 194 valence electrons. The molecule has 1 heterocycles. The van der Waals surface area contributed by atoms with Gasteiger partial charge in [0.15, 0.2) is 0 Å². The standard InChI is InChI=1S/C28H37N3O5/c1-3-36-17-9-15-29-27(33)23-19-31(18-22-12-7-8-13-25(22)35-2)20-24(26(23)32)28(34)30-16-14-21-10-5-4-6-11-21/h7-8,10,12-13,19-20H,3-6,9,11,14-18H2,1-2H3,(H,29,33)(H,30,34). The van der Waals surface area contributed by atoms with Crippen molar-refractivity contribution in [2.75, 3.05) is 33.4 Å². The fourth-order valence-electron chi connectivity index (χ4n) is 4.26. The molecule has 0 radical (unpaired) electrons. The highest BCUT2D eigenvalue weighted by molar-refractivity contribution is 5.99. The minimum absolute atomic E-state index is 0.0514. The van der Waals surface area contributed by atoms with Crippen LogP contribution in [0.3, 0.4) is 0 Å². The Hall–Kier alpha value is -3.39. The van der Waals surface area contributed by atoms with Crippen LogP contribution in [0.5, 0.6) is 5.75 Å². The number of methoxy groups -OCH3 is 1. The number of amides is 2. The zero-order chi connectivity index (χ0) is 25.8. The predicted octanol–water partition coefficient (Wildman–Crippen LogP) is 3.68. The first-order valence-corrected chi connectivity index (χ1v) is 12.7. The summed E-state index contributed by atoms with van der Waals surface area (Å²) in [6, 6.07) is 7.51. The predicted molar refractivity (Wildman–Crippen MR) is 140 cm³/mol. The van der Waals surface area contributed by atoms with E-state index in [1.54, 1.807) is 11.7 Å². The number of hydrogen-bond acceptors (Lipinski definition) is 5. The first-order valence-electron chi connectivity index (χ1n) is 12.7. The number of carbonyl (C=O) groups excluding carboxylic acids is 2. The molecule has 0 unspecified atom stereocenters. The van der Waals surface area contributed by atoms with Crippen LogP contribution in [-0.4, -0.2) is 49.8 Å². The van der Waals surface area contributed by atoms with Crippen LogP contribution in [-0.2, 0) is 11.3 Å². The van der Waals surface area contributed by atoms with Crippen molar-refractivity contribution >= 4 is 11.8 Å².